The first-order valence-corrected chi connectivity index (χ1v) is 10.5. The van der Waals surface area contributed by atoms with Crippen LogP contribution >= 0.6 is 23.4 Å². The standard InChI is InChI=1S/C21H20ClN3O2S/c1-13-3-2-4-16(11-13)24-21-25(17-9-10-17)20(27)18(28-21)12-19(26)23-15-7-5-14(22)6-8-15/h2-8,11,17-18H,9-10,12H2,1H3,(H,23,26)/t18-/m1/s1. The van der Waals surface area contributed by atoms with Gasteiger partial charge in [0.05, 0.1) is 5.69 Å². The first-order valence-electron chi connectivity index (χ1n) is 9.20. The molecular formula is C21H20ClN3O2S. The normalized spacial score (nSPS) is 20.6. The number of carbonyl (C=O) groups is 2. The Morgan fingerprint density at radius 3 is 2.68 bits per heavy atom. The maximum absolute atomic E-state index is 12.9. The van der Waals surface area contributed by atoms with E-state index in [1.165, 1.54) is 11.8 Å². The van der Waals surface area contributed by atoms with Crippen molar-refractivity contribution in [1.82, 2.24) is 4.90 Å². The zero-order valence-electron chi connectivity index (χ0n) is 15.4. The highest BCUT2D eigenvalue weighted by Crippen LogP contribution is 2.39. The van der Waals surface area contributed by atoms with E-state index in [1.54, 1.807) is 29.2 Å². The Bertz CT molecular complexity index is 941. The minimum atomic E-state index is -0.448. The molecule has 0 spiro atoms. The van der Waals surface area contributed by atoms with Crippen LogP contribution in [-0.2, 0) is 9.59 Å². The molecule has 1 aliphatic carbocycles. The zero-order valence-corrected chi connectivity index (χ0v) is 17.0. The Kier molecular flexibility index (Phi) is 5.42. The van der Waals surface area contributed by atoms with Gasteiger partial charge in [-0.15, -0.1) is 0 Å². The predicted molar refractivity (Wildman–Crippen MR) is 114 cm³/mol. The average Bonchev–Trinajstić information content (AvgIpc) is 3.43. The van der Waals surface area contributed by atoms with Crippen LogP contribution in [0.5, 0.6) is 0 Å². The zero-order chi connectivity index (χ0) is 19.7. The molecule has 2 aliphatic rings. The topological polar surface area (TPSA) is 61.8 Å². The minimum Gasteiger partial charge on any atom is -0.326 e. The van der Waals surface area contributed by atoms with Crippen molar-refractivity contribution in [3.8, 4) is 0 Å². The third-order valence-corrected chi connectivity index (χ3v) is 6.01. The summed E-state index contributed by atoms with van der Waals surface area (Å²) >= 11 is 7.25. The monoisotopic (exact) mass is 413 g/mol. The van der Waals surface area contributed by atoms with Crippen molar-refractivity contribution in [2.24, 2.45) is 4.99 Å². The highest BCUT2D eigenvalue weighted by atomic mass is 35.5. The van der Waals surface area contributed by atoms with Crippen LogP contribution in [0.1, 0.15) is 24.8 Å². The molecule has 0 unspecified atom stereocenters. The first kappa shape index (κ1) is 19.0. The first-order chi connectivity index (χ1) is 13.5. The van der Waals surface area contributed by atoms with E-state index < -0.39 is 5.25 Å². The van der Waals surface area contributed by atoms with E-state index in [0.717, 1.165) is 24.1 Å². The van der Waals surface area contributed by atoms with Gasteiger partial charge in [-0.1, -0.05) is 35.5 Å². The number of amidine groups is 1. The number of anilines is 1. The lowest BCUT2D eigenvalue weighted by atomic mass is 10.2. The van der Waals surface area contributed by atoms with E-state index in [9.17, 15) is 9.59 Å². The molecule has 0 bridgehead atoms. The third kappa shape index (κ3) is 4.39. The average molecular weight is 414 g/mol. The number of thioether (sulfide) groups is 1. The molecule has 0 aromatic heterocycles. The second kappa shape index (κ2) is 7.97. The Hall–Kier alpha value is -2.31. The molecule has 5 nitrogen and oxygen atoms in total. The number of hydrogen-bond acceptors (Lipinski definition) is 4. The SMILES string of the molecule is Cc1cccc(N=C2S[C@H](CC(=O)Nc3ccc(Cl)cc3)C(=O)N2C2CC2)c1. The summed E-state index contributed by atoms with van der Waals surface area (Å²) in [5, 5.41) is 3.68. The summed E-state index contributed by atoms with van der Waals surface area (Å²) in [6.07, 6.45) is 2.09. The van der Waals surface area contributed by atoms with Crippen LogP contribution < -0.4 is 5.32 Å². The molecule has 28 heavy (non-hydrogen) atoms. The number of rotatable bonds is 5. The van der Waals surface area contributed by atoms with Crippen molar-refractivity contribution < 1.29 is 9.59 Å². The van der Waals surface area contributed by atoms with E-state index in [0.29, 0.717) is 15.9 Å². The highest BCUT2D eigenvalue weighted by Gasteiger charge is 2.46. The van der Waals surface area contributed by atoms with Crippen LogP contribution in [0.3, 0.4) is 0 Å². The number of benzene rings is 2. The summed E-state index contributed by atoms with van der Waals surface area (Å²) in [5.41, 5.74) is 2.61. The van der Waals surface area contributed by atoms with Crippen LogP contribution in [0.4, 0.5) is 11.4 Å². The molecule has 2 aromatic carbocycles. The molecule has 1 heterocycles. The van der Waals surface area contributed by atoms with Crippen LogP contribution in [0.25, 0.3) is 0 Å². The highest BCUT2D eigenvalue weighted by molar-refractivity contribution is 8.15. The van der Waals surface area contributed by atoms with Crippen molar-refractivity contribution in [1.29, 1.82) is 0 Å². The number of amides is 2. The van der Waals surface area contributed by atoms with E-state index in [1.807, 2.05) is 31.2 Å². The van der Waals surface area contributed by atoms with Crippen LogP contribution in [0.15, 0.2) is 53.5 Å². The van der Waals surface area contributed by atoms with Crippen molar-refractivity contribution in [3.63, 3.8) is 0 Å². The van der Waals surface area contributed by atoms with Crippen molar-refractivity contribution in [2.45, 2.75) is 37.5 Å². The molecule has 1 saturated heterocycles. The van der Waals surface area contributed by atoms with Gasteiger partial charge < -0.3 is 5.32 Å². The van der Waals surface area contributed by atoms with Gasteiger partial charge in [-0.3, -0.25) is 14.5 Å². The molecule has 7 heteroatoms. The van der Waals surface area contributed by atoms with E-state index >= 15 is 0 Å². The number of carbonyl (C=O) groups excluding carboxylic acids is 2. The lowest BCUT2D eigenvalue weighted by Crippen LogP contribution is -2.35. The number of hydrogen-bond donors (Lipinski definition) is 1. The number of halogens is 1. The molecular weight excluding hydrogens is 394 g/mol. The fraction of sp³-hybridized carbons (Fsp3) is 0.286. The van der Waals surface area contributed by atoms with Gasteiger partial charge in [0.1, 0.15) is 5.25 Å². The molecule has 1 saturated carbocycles. The molecule has 1 aliphatic heterocycles. The molecule has 2 fully saturated rings. The Morgan fingerprint density at radius 1 is 1.25 bits per heavy atom. The molecule has 2 aromatic rings. The number of nitrogens with zero attached hydrogens (tertiary/aromatic N) is 2. The number of aryl methyl sites for hydroxylation is 1. The van der Waals surface area contributed by atoms with Gasteiger partial charge in [-0.2, -0.15) is 0 Å². The third-order valence-electron chi connectivity index (χ3n) is 4.60. The second-order valence-corrected chi connectivity index (χ2v) is 8.64. The van der Waals surface area contributed by atoms with E-state index in [2.05, 4.69) is 5.32 Å². The van der Waals surface area contributed by atoms with Crippen LogP contribution in [0.2, 0.25) is 5.02 Å². The number of aliphatic imine (C=N–C) groups is 1. The van der Waals surface area contributed by atoms with Gasteiger partial charge in [-0.05, 0) is 61.7 Å². The summed E-state index contributed by atoms with van der Waals surface area (Å²) in [7, 11) is 0. The Balaban J connectivity index is 1.48. The van der Waals surface area contributed by atoms with Crippen molar-refractivity contribution in [3.05, 3.63) is 59.1 Å². The predicted octanol–water partition coefficient (Wildman–Crippen LogP) is 4.77. The quantitative estimate of drug-likeness (QED) is 0.767. The lowest BCUT2D eigenvalue weighted by Gasteiger charge is -2.15. The smallest absolute Gasteiger partial charge is 0.242 e. The molecule has 1 atom stereocenters. The Morgan fingerprint density at radius 2 is 2.00 bits per heavy atom. The fourth-order valence-corrected chi connectivity index (χ4v) is 4.42. The van der Waals surface area contributed by atoms with Crippen LogP contribution in [0, 0.1) is 6.92 Å². The molecule has 1 N–H and O–H groups in total. The summed E-state index contributed by atoms with van der Waals surface area (Å²) in [6, 6.07) is 15.0. The van der Waals surface area contributed by atoms with Gasteiger partial charge in [0.2, 0.25) is 11.8 Å². The van der Waals surface area contributed by atoms with Crippen molar-refractivity contribution in [2.75, 3.05) is 5.32 Å². The van der Waals surface area contributed by atoms with Crippen LogP contribution in [-0.4, -0.2) is 33.2 Å². The maximum atomic E-state index is 12.9. The van der Waals surface area contributed by atoms with Gasteiger partial charge >= 0.3 is 0 Å². The van der Waals surface area contributed by atoms with Gasteiger partial charge in [-0.25, -0.2) is 4.99 Å². The van der Waals surface area contributed by atoms with Crippen molar-refractivity contribution >= 4 is 51.7 Å². The lowest BCUT2D eigenvalue weighted by molar-refractivity contribution is -0.128. The summed E-state index contributed by atoms with van der Waals surface area (Å²) in [4.78, 5) is 31.8. The minimum absolute atomic E-state index is 0.0230. The maximum Gasteiger partial charge on any atom is 0.242 e. The summed E-state index contributed by atoms with van der Waals surface area (Å²) < 4.78 is 0. The second-order valence-electron chi connectivity index (χ2n) is 7.04. The fourth-order valence-electron chi connectivity index (χ4n) is 3.08. The summed E-state index contributed by atoms with van der Waals surface area (Å²) in [5.74, 6) is -0.217. The number of nitrogens with one attached hydrogen (secondary N) is 1. The van der Waals surface area contributed by atoms with Gasteiger partial charge in [0, 0.05) is 23.2 Å². The molecule has 0 radical (unpaired) electrons. The van der Waals surface area contributed by atoms with E-state index in [4.69, 9.17) is 16.6 Å². The van der Waals surface area contributed by atoms with Gasteiger partial charge in [0.25, 0.3) is 0 Å². The molecule has 144 valence electrons. The molecule has 2 amide bonds. The molecule has 4 rings (SSSR count). The largest absolute Gasteiger partial charge is 0.326 e. The summed E-state index contributed by atoms with van der Waals surface area (Å²) in [6.45, 7) is 2.01. The van der Waals surface area contributed by atoms with Gasteiger partial charge in [0.15, 0.2) is 5.17 Å². The van der Waals surface area contributed by atoms with E-state index in [-0.39, 0.29) is 24.3 Å². The Labute approximate surface area is 173 Å².